The van der Waals surface area contributed by atoms with Gasteiger partial charge in [-0.2, -0.15) is 0 Å². The minimum Gasteiger partial charge on any atom is -0.368 e. The SMILES string of the molecule is Cc1ccc(-n2c(SCC(=O)NCC(N)=O)nc3ccccc3c2=O)c(C)c1. The molecule has 0 radical (unpaired) electrons. The summed E-state index contributed by atoms with van der Waals surface area (Å²) in [6.45, 7) is 3.68. The Morgan fingerprint density at radius 1 is 1.18 bits per heavy atom. The summed E-state index contributed by atoms with van der Waals surface area (Å²) in [6, 6.07) is 12.9. The highest BCUT2D eigenvalue weighted by Crippen LogP contribution is 2.23. The molecule has 0 aliphatic rings. The summed E-state index contributed by atoms with van der Waals surface area (Å²) < 4.78 is 1.53. The highest BCUT2D eigenvalue weighted by molar-refractivity contribution is 7.99. The number of amides is 2. The lowest BCUT2D eigenvalue weighted by Crippen LogP contribution is -2.34. The first-order valence-electron chi connectivity index (χ1n) is 8.64. The van der Waals surface area contributed by atoms with Crippen LogP contribution in [0.1, 0.15) is 11.1 Å². The molecular weight excluding hydrogens is 376 g/mol. The standard InChI is InChI=1S/C20H20N4O3S/c1-12-7-8-16(13(2)9-12)24-19(27)14-5-3-4-6-15(14)23-20(24)28-11-18(26)22-10-17(21)25/h3-9H,10-11H2,1-2H3,(H2,21,25)(H,22,26). The first-order chi connectivity index (χ1) is 13.4. The number of carbonyl (C=O) groups is 2. The van der Waals surface area contributed by atoms with E-state index in [1.807, 2.05) is 38.1 Å². The Morgan fingerprint density at radius 3 is 2.64 bits per heavy atom. The maximum atomic E-state index is 13.2. The smallest absolute Gasteiger partial charge is 0.266 e. The molecule has 1 heterocycles. The number of hydrogen-bond acceptors (Lipinski definition) is 5. The molecule has 8 heteroatoms. The monoisotopic (exact) mass is 396 g/mol. The summed E-state index contributed by atoms with van der Waals surface area (Å²) in [7, 11) is 0. The summed E-state index contributed by atoms with van der Waals surface area (Å²) in [5.74, 6) is -0.976. The molecule has 0 bridgehead atoms. The zero-order valence-electron chi connectivity index (χ0n) is 15.6. The van der Waals surface area contributed by atoms with E-state index < -0.39 is 5.91 Å². The van der Waals surface area contributed by atoms with Crippen molar-refractivity contribution in [3.8, 4) is 5.69 Å². The van der Waals surface area contributed by atoms with Crippen molar-refractivity contribution in [2.75, 3.05) is 12.3 Å². The average Bonchev–Trinajstić information content (AvgIpc) is 2.66. The predicted octanol–water partition coefficient (Wildman–Crippen LogP) is 1.70. The van der Waals surface area contributed by atoms with Gasteiger partial charge in [0.15, 0.2) is 5.16 Å². The van der Waals surface area contributed by atoms with Crippen LogP contribution in [0.15, 0.2) is 52.4 Å². The zero-order chi connectivity index (χ0) is 20.3. The number of aromatic nitrogens is 2. The summed E-state index contributed by atoms with van der Waals surface area (Å²) in [5.41, 5.74) is 8.14. The number of carbonyl (C=O) groups excluding carboxylic acids is 2. The lowest BCUT2D eigenvalue weighted by atomic mass is 10.1. The first-order valence-corrected chi connectivity index (χ1v) is 9.62. The number of hydrogen-bond donors (Lipinski definition) is 2. The third-order valence-electron chi connectivity index (χ3n) is 4.13. The van der Waals surface area contributed by atoms with Crippen LogP contribution in [0, 0.1) is 13.8 Å². The molecule has 1 aromatic heterocycles. The summed E-state index contributed by atoms with van der Waals surface area (Å²) in [4.78, 5) is 40.6. The van der Waals surface area contributed by atoms with Crippen LogP contribution in [0.25, 0.3) is 16.6 Å². The van der Waals surface area contributed by atoms with Gasteiger partial charge in [-0.25, -0.2) is 4.98 Å². The highest BCUT2D eigenvalue weighted by Gasteiger charge is 2.16. The van der Waals surface area contributed by atoms with Crippen molar-refractivity contribution in [3.05, 3.63) is 63.9 Å². The van der Waals surface area contributed by atoms with Gasteiger partial charge in [-0.15, -0.1) is 0 Å². The van der Waals surface area contributed by atoms with Crippen molar-refractivity contribution in [2.45, 2.75) is 19.0 Å². The van der Waals surface area contributed by atoms with Crippen molar-refractivity contribution in [3.63, 3.8) is 0 Å². The van der Waals surface area contributed by atoms with Gasteiger partial charge >= 0.3 is 0 Å². The maximum absolute atomic E-state index is 13.2. The molecule has 0 aliphatic heterocycles. The third kappa shape index (κ3) is 4.23. The first kappa shape index (κ1) is 19.6. The van der Waals surface area contributed by atoms with E-state index in [1.54, 1.807) is 18.2 Å². The van der Waals surface area contributed by atoms with E-state index in [0.29, 0.717) is 21.7 Å². The number of thioether (sulfide) groups is 1. The normalized spacial score (nSPS) is 10.8. The van der Waals surface area contributed by atoms with Crippen LogP contribution in [-0.2, 0) is 9.59 Å². The molecule has 3 rings (SSSR count). The van der Waals surface area contributed by atoms with Gasteiger partial charge in [0.25, 0.3) is 5.56 Å². The Hall–Kier alpha value is -3.13. The van der Waals surface area contributed by atoms with E-state index in [9.17, 15) is 14.4 Å². The average molecular weight is 396 g/mol. The quantitative estimate of drug-likeness (QED) is 0.487. The van der Waals surface area contributed by atoms with Crippen LogP contribution in [-0.4, -0.2) is 33.7 Å². The van der Waals surface area contributed by atoms with Crippen LogP contribution >= 0.6 is 11.8 Å². The van der Waals surface area contributed by atoms with E-state index in [-0.39, 0.29) is 23.8 Å². The Balaban J connectivity index is 2.06. The van der Waals surface area contributed by atoms with Gasteiger partial charge in [0.1, 0.15) is 0 Å². The Labute approximate surface area is 166 Å². The van der Waals surface area contributed by atoms with Crippen LogP contribution in [0.3, 0.4) is 0 Å². The molecule has 3 aromatic rings. The number of para-hydroxylation sites is 1. The molecular formula is C20H20N4O3S. The number of benzene rings is 2. The fraction of sp³-hybridized carbons (Fsp3) is 0.200. The molecule has 28 heavy (non-hydrogen) atoms. The van der Waals surface area contributed by atoms with Gasteiger partial charge in [-0.1, -0.05) is 41.6 Å². The molecule has 0 fully saturated rings. The minimum atomic E-state index is -0.616. The number of nitrogens with zero attached hydrogens (tertiary/aromatic N) is 2. The number of nitrogens with one attached hydrogen (secondary N) is 1. The van der Waals surface area contributed by atoms with Gasteiger partial charge in [0.2, 0.25) is 11.8 Å². The van der Waals surface area contributed by atoms with Gasteiger partial charge in [-0.05, 0) is 37.6 Å². The zero-order valence-corrected chi connectivity index (χ0v) is 16.4. The van der Waals surface area contributed by atoms with Crippen LogP contribution in [0.5, 0.6) is 0 Å². The number of fused-ring (bicyclic) bond motifs is 1. The van der Waals surface area contributed by atoms with E-state index in [4.69, 9.17) is 5.73 Å². The van der Waals surface area contributed by atoms with Crippen molar-refractivity contribution in [2.24, 2.45) is 5.73 Å². The molecule has 2 aromatic carbocycles. The van der Waals surface area contributed by atoms with Crippen LogP contribution in [0.4, 0.5) is 0 Å². The number of nitrogens with two attached hydrogens (primary N) is 1. The van der Waals surface area contributed by atoms with E-state index >= 15 is 0 Å². The fourth-order valence-corrected chi connectivity index (χ4v) is 3.68. The van der Waals surface area contributed by atoms with Gasteiger partial charge in [0, 0.05) is 0 Å². The Kier molecular flexibility index (Phi) is 5.79. The second-order valence-electron chi connectivity index (χ2n) is 6.37. The maximum Gasteiger partial charge on any atom is 0.266 e. The van der Waals surface area contributed by atoms with Crippen LogP contribution < -0.4 is 16.6 Å². The van der Waals surface area contributed by atoms with Gasteiger partial charge < -0.3 is 11.1 Å². The lowest BCUT2D eigenvalue weighted by molar-refractivity contribution is -0.123. The molecule has 0 unspecified atom stereocenters. The molecule has 3 N–H and O–H groups in total. The second kappa shape index (κ2) is 8.26. The molecule has 0 atom stereocenters. The minimum absolute atomic E-state index is 0.00295. The predicted molar refractivity (Wildman–Crippen MR) is 110 cm³/mol. The van der Waals surface area contributed by atoms with Crippen molar-refractivity contribution in [1.82, 2.24) is 14.9 Å². The molecule has 7 nitrogen and oxygen atoms in total. The number of aryl methyl sites for hydroxylation is 2. The fourth-order valence-electron chi connectivity index (χ4n) is 2.84. The van der Waals surface area contributed by atoms with Crippen LogP contribution in [0.2, 0.25) is 0 Å². The van der Waals surface area contributed by atoms with Gasteiger partial charge in [-0.3, -0.25) is 19.0 Å². The van der Waals surface area contributed by atoms with Crippen molar-refractivity contribution in [1.29, 1.82) is 0 Å². The third-order valence-corrected chi connectivity index (χ3v) is 5.07. The lowest BCUT2D eigenvalue weighted by Gasteiger charge is -2.15. The molecule has 144 valence electrons. The second-order valence-corrected chi connectivity index (χ2v) is 7.32. The summed E-state index contributed by atoms with van der Waals surface area (Å²) >= 11 is 1.13. The Bertz CT molecular complexity index is 1120. The van der Waals surface area contributed by atoms with E-state index in [0.717, 1.165) is 22.9 Å². The van der Waals surface area contributed by atoms with Crippen molar-refractivity contribution >= 4 is 34.5 Å². The number of rotatable bonds is 6. The summed E-state index contributed by atoms with van der Waals surface area (Å²) in [5, 5.41) is 3.34. The van der Waals surface area contributed by atoms with E-state index in [2.05, 4.69) is 10.3 Å². The number of primary amides is 1. The Morgan fingerprint density at radius 2 is 1.93 bits per heavy atom. The van der Waals surface area contributed by atoms with Gasteiger partial charge in [0.05, 0.1) is 28.9 Å². The van der Waals surface area contributed by atoms with Crippen molar-refractivity contribution < 1.29 is 9.59 Å². The van der Waals surface area contributed by atoms with E-state index in [1.165, 1.54) is 4.57 Å². The molecule has 0 saturated heterocycles. The molecule has 0 spiro atoms. The largest absolute Gasteiger partial charge is 0.368 e. The summed E-state index contributed by atoms with van der Waals surface area (Å²) in [6.07, 6.45) is 0. The molecule has 2 amide bonds. The topological polar surface area (TPSA) is 107 Å². The molecule has 0 saturated carbocycles. The molecule has 0 aliphatic carbocycles. The highest BCUT2D eigenvalue weighted by atomic mass is 32.2.